The number of aromatic nitrogens is 1. The van der Waals surface area contributed by atoms with Gasteiger partial charge in [0.2, 0.25) is 5.95 Å². The Morgan fingerprint density at radius 1 is 1.43 bits per heavy atom. The summed E-state index contributed by atoms with van der Waals surface area (Å²) in [7, 11) is 0. The van der Waals surface area contributed by atoms with Gasteiger partial charge in [-0.05, 0) is 32.9 Å². The molecule has 1 aromatic rings. The van der Waals surface area contributed by atoms with Crippen LogP contribution in [0.3, 0.4) is 0 Å². The second-order valence-corrected chi connectivity index (χ2v) is 3.85. The molecule has 0 amide bonds. The lowest BCUT2D eigenvalue weighted by Gasteiger charge is -2.18. The molecule has 0 N–H and O–H groups in total. The van der Waals surface area contributed by atoms with Crippen LogP contribution in [0.4, 0.5) is 4.39 Å². The number of hydrogen-bond acceptors (Lipinski definition) is 3. The van der Waals surface area contributed by atoms with Crippen LogP contribution in [-0.4, -0.2) is 16.6 Å². The zero-order valence-electron chi connectivity index (χ0n) is 8.37. The van der Waals surface area contributed by atoms with Gasteiger partial charge in [-0.1, -0.05) is 6.07 Å². The molecule has 0 atom stereocenters. The first-order valence-corrected chi connectivity index (χ1v) is 4.24. The Morgan fingerprint density at radius 3 is 2.57 bits per heavy atom. The lowest BCUT2D eigenvalue weighted by molar-refractivity contribution is 0.00616. The lowest BCUT2D eigenvalue weighted by Crippen LogP contribution is -2.24. The first kappa shape index (κ1) is 10.6. The number of nitrogens with zero attached hydrogens (tertiary/aromatic N) is 1. The maximum absolute atomic E-state index is 12.6. The van der Waals surface area contributed by atoms with Crippen molar-refractivity contribution in [2.75, 3.05) is 0 Å². The first-order valence-electron chi connectivity index (χ1n) is 4.24. The minimum atomic E-state index is -0.687. The van der Waals surface area contributed by atoms with Crippen LogP contribution in [0.5, 0.6) is 0 Å². The van der Waals surface area contributed by atoms with Crippen LogP contribution in [-0.2, 0) is 4.74 Å². The molecule has 0 bridgehead atoms. The molecule has 0 unspecified atom stereocenters. The molecule has 0 spiro atoms. The van der Waals surface area contributed by atoms with Gasteiger partial charge < -0.3 is 4.74 Å². The Hall–Kier alpha value is -1.45. The number of esters is 1. The van der Waals surface area contributed by atoms with Gasteiger partial charge in [-0.2, -0.15) is 4.39 Å². The van der Waals surface area contributed by atoms with Gasteiger partial charge in [0.25, 0.3) is 0 Å². The summed E-state index contributed by atoms with van der Waals surface area (Å²) in [5.74, 6) is -1.30. The fourth-order valence-corrected chi connectivity index (χ4v) is 0.852. The predicted molar refractivity (Wildman–Crippen MR) is 49.4 cm³/mol. The number of carbonyl (C=O) groups is 1. The zero-order chi connectivity index (χ0) is 10.8. The summed E-state index contributed by atoms with van der Waals surface area (Å²) in [6.45, 7) is 5.22. The molecule has 1 aromatic heterocycles. The van der Waals surface area contributed by atoms with E-state index < -0.39 is 17.5 Å². The smallest absolute Gasteiger partial charge is 0.357 e. The van der Waals surface area contributed by atoms with Gasteiger partial charge in [-0.15, -0.1) is 0 Å². The van der Waals surface area contributed by atoms with Gasteiger partial charge in [0, 0.05) is 0 Å². The summed E-state index contributed by atoms with van der Waals surface area (Å²) in [6, 6.07) is 4.01. The topological polar surface area (TPSA) is 39.2 Å². The van der Waals surface area contributed by atoms with E-state index >= 15 is 0 Å². The number of pyridine rings is 1. The summed E-state index contributed by atoms with van der Waals surface area (Å²) >= 11 is 0. The molecule has 4 heteroatoms. The second kappa shape index (κ2) is 3.74. The van der Waals surface area contributed by atoms with Crippen molar-refractivity contribution in [3.63, 3.8) is 0 Å². The normalized spacial score (nSPS) is 11.1. The minimum absolute atomic E-state index is 0.0140. The summed E-state index contributed by atoms with van der Waals surface area (Å²) in [6.07, 6.45) is 0. The quantitative estimate of drug-likeness (QED) is 0.511. The van der Waals surface area contributed by atoms with E-state index in [9.17, 15) is 9.18 Å². The van der Waals surface area contributed by atoms with Gasteiger partial charge in [-0.3, -0.25) is 0 Å². The molecule has 0 aliphatic rings. The Bertz CT molecular complexity index is 344. The van der Waals surface area contributed by atoms with Crippen LogP contribution in [0.1, 0.15) is 31.3 Å². The van der Waals surface area contributed by atoms with Gasteiger partial charge in [0.15, 0.2) is 5.69 Å². The summed E-state index contributed by atoms with van der Waals surface area (Å²) in [5.41, 5.74) is -0.606. The van der Waals surface area contributed by atoms with Crippen molar-refractivity contribution in [2.45, 2.75) is 26.4 Å². The summed E-state index contributed by atoms with van der Waals surface area (Å²) in [4.78, 5) is 14.8. The SMILES string of the molecule is CC(C)(C)OC(=O)c1cccc(F)n1. The monoisotopic (exact) mass is 197 g/mol. The number of carbonyl (C=O) groups excluding carboxylic acids is 1. The molecule has 1 rings (SSSR count). The number of rotatable bonds is 1. The standard InChI is InChI=1S/C10H12FNO2/c1-10(2,3)14-9(13)7-5-4-6-8(11)12-7/h4-6H,1-3H3. The van der Waals surface area contributed by atoms with E-state index in [0.29, 0.717) is 0 Å². The van der Waals surface area contributed by atoms with E-state index in [-0.39, 0.29) is 5.69 Å². The molecule has 0 aromatic carbocycles. The largest absolute Gasteiger partial charge is 0.455 e. The maximum atomic E-state index is 12.6. The Morgan fingerprint density at radius 2 is 2.07 bits per heavy atom. The second-order valence-electron chi connectivity index (χ2n) is 3.85. The van der Waals surface area contributed by atoms with Gasteiger partial charge >= 0.3 is 5.97 Å². The third kappa shape index (κ3) is 3.12. The van der Waals surface area contributed by atoms with Crippen molar-refractivity contribution < 1.29 is 13.9 Å². The molecular weight excluding hydrogens is 185 g/mol. The van der Waals surface area contributed by atoms with Crippen molar-refractivity contribution in [3.05, 3.63) is 29.8 Å². The number of halogens is 1. The van der Waals surface area contributed by atoms with Crippen LogP contribution in [0.15, 0.2) is 18.2 Å². The highest BCUT2D eigenvalue weighted by Gasteiger charge is 2.18. The van der Waals surface area contributed by atoms with E-state index in [0.717, 1.165) is 0 Å². The molecule has 0 saturated carbocycles. The Kier molecular flexibility index (Phi) is 2.84. The third-order valence-electron chi connectivity index (χ3n) is 1.32. The molecule has 0 aliphatic heterocycles. The molecular formula is C10H12FNO2. The van der Waals surface area contributed by atoms with Crippen LogP contribution in [0, 0.1) is 5.95 Å². The lowest BCUT2D eigenvalue weighted by atomic mass is 10.2. The van der Waals surface area contributed by atoms with E-state index in [1.54, 1.807) is 20.8 Å². The Balaban J connectivity index is 2.80. The fourth-order valence-electron chi connectivity index (χ4n) is 0.852. The highest BCUT2D eigenvalue weighted by molar-refractivity contribution is 5.87. The van der Waals surface area contributed by atoms with E-state index in [4.69, 9.17) is 4.74 Å². The van der Waals surface area contributed by atoms with Crippen molar-refractivity contribution in [1.82, 2.24) is 4.98 Å². The molecule has 3 nitrogen and oxygen atoms in total. The van der Waals surface area contributed by atoms with Gasteiger partial charge in [0.05, 0.1) is 0 Å². The zero-order valence-corrected chi connectivity index (χ0v) is 8.37. The van der Waals surface area contributed by atoms with Crippen LogP contribution in [0.25, 0.3) is 0 Å². The van der Waals surface area contributed by atoms with Crippen LogP contribution >= 0.6 is 0 Å². The number of ether oxygens (including phenoxy) is 1. The van der Waals surface area contributed by atoms with Gasteiger partial charge in [-0.25, -0.2) is 9.78 Å². The average Bonchev–Trinajstić information content (AvgIpc) is 2.01. The molecule has 76 valence electrons. The molecule has 0 fully saturated rings. The third-order valence-corrected chi connectivity index (χ3v) is 1.32. The summed E-state index contributed by atoms with van der Waals surface area (Å²) in [5, 5.41) is 0. The molecule has 1 heterocycles. The fraction of sp³-hybridized carbons (Fsp3) is 0.400. The van der Waals surface area contributed by atoms with Crippen LogP contribution < -0.4 is 0 Å². The summed E-state index contributed by atoms with van der Waals surface area (Å²) < 4.78 is 17.7. The minimum Gasteiger partial charge on any atom is -0.455 e. The molecule has 0 saturated heterocycles. The molecule has 0 radical (unpaired) electrons. The van der Waals surface area contributed by atoms with E-state index in [1.165, 1.54) is 18.2 Å². The van der Waals surface area contributed by atoms with E-state index in [1.807, 2.05) is 0 Å². The Labute approximate surface area is 81.9 Å². The highest BCUT2D eigenvalue weighted by Crippen LogP contribution is 2.10. The molecule has 14 heavy (non-hydrogen) atoms. The predicted octanol–water partition coefficient (Wildman–Crippen LogP) is 2.18. The van der Waals surface area contributed by atoms with Crippen molar-refractivity contribution in [1.29, 1.82) is 0 Å². The average molecular weight is 197 g/mol. The molecule has 0 aliphatic carbocycles. The van der Waals surface area contributed by atoms with Crippen LogP contribution in [0.2, 0.25) is 0 Å². The van der Waals surface area contributed by atoms with Gasteiger partial charge in [0.1, 0.15) is 5.60 Å². The first-order chi connectivity index (χ1) is 6.38. The van der Waals surface area contributed by atoms with Crippen molar-refractivity contribution in [2.24, 2.45) is 0 Å². The van der Waals surface area contributed by atoms with Crippen molar-refractivity contribution in [3.8, 4) is 0 Å². The highest BCUT2D eigenvalue weighted by atomic mass is 19.1. The maximum Gasteiger partial charge on any atom is 0.357 e. The number of hydrogen-bond donors (Lipinski definition) is 0. The van der Waals surface area contributed by atoms with E-state index in [2.05, 4.69) is 4.98 Å². The van der Waals surface area contributed by atoms with Crippen molar-refractivity contribution >= 4 is 5.97 Å².